The number of aliphatic hydroxyl groups is 2. The fraction of sp³-hybridized carbons (Fsp3) is 0.471. The zero-order valence-corrected chi connectivity index (χ0v) is 87.7. The van der Waals surface area contributed by atoms with E-state index in [1.54, 1.807) is 212 Å². The number of aromatic nitrogens is 24. The molecule has 12 aromatic heterocycles. The van der Waals surface area contributed by atoms with Gasteiger partial charge in [-0.3, -0.25) is 9.13 Å². The summed E-state index contributed by atoms with van der Waals surface area (Å²) in [6.45, 7) is 24.8. The number of ether oxygens (including phenoxy) is 1. The summed E-state index contributed by atoms with van der Waals surface area (Å²) in [5.41, 5.74) is 3.09. The number of halogens is 7. The molecular formula is C70H96Br5Cl2N35O26. The van der Waals surface area contributed by atoms with Crippen molar-refractivity contribution in [2.75, 3.05) is 0 Å². The van der Waals surface area contributed by atoms with E-state index in [4.69, 9.17) is 38.2 Å². The number of alkyl halides is 5. The van der Waals surface area contributed by atoms with Crippen molar-refractivity contribution in [1.82, 2.24) is 115 Å². The normalized spacial score (nSPS) is 10.5. The first-order chi connectivity index (χ1) is 63.8. The molecule has 756 valence electrons. The number of aromatic amines is 2. The van der Waals surface area contributed by atoms with Gasteiger partial charge in [-0.25, -0.2) is 19.7 Å². The highest BCUT2D eigenvalue weighted by molar-refractivity contribution is 9.10. The van der Waals surface area contributed by atoms with E-state index in [-0.39, 0.29) is 87.7 Å². The number of esters is 1. The van der Waals surface area contributed by atoms with E-state index in [1.807, 2.05) is 6.92 Å². The second-order valence-corrected chi connectivity index (χ2v) is 32.2. The number of carbonyl (C=O) groups is 1. The number of hydrogen-bond acceptors (Lipinski definition) is 38. The third kappa shape index (κ3) is 34.8. The second-order valence-electron chi connectivity index (χ2n) is 28.4. The van der Waals surface area contributed by atoms with Crippen LogP contribution >= 0.6 is 103 Å². The van der Waals surface area contributed by atoms with Gasteiger partial charge in [0, 0.05) is 177 Å². The first-order valence-electron chi connectivity index (χ1n) is 38.2. The monoisotopic (exact) mass is 2310 g/mol. The molecule has 1 atom stereocenters. The smallest absolute Gasteiger partial charge is 0.388 e. The fourth-order valence-corrected chi connectivity index (χ4v) is 13.3. The van der Waals surface area contributed by atoms with Crippen LogP contribution in [0.15, 0.2) is 34.3 Å². The van der Waals surface area contributed by atoms with E-state index in [0.717, 1.165) is 5.82 Å². The van der Waals surface area contributed by atoms with Crippen molar-refractivity contribution < 1.29 is 73.9 Å². The van der Waals surface area contributed by atoms with Crippen molar-refractivity contribution >= 4 is 173 Å². The van der Waals surface area contributed by atoms with Crippen molar-refractivity contribution in [3.05, 3.63) is 255 Å². The Kier molecular flexibility index (Phi) is 49.2. The molecule has 0 bridgehead atoms. The molecule has 0 amide bonds. The average Bonchev–Trinajstić information content (AvgIpc) is 1.64. The Bertz CT molecular complexity index is 5730. The maximum Gasteiger partial charge on any atom is 0.388 e. The molecule has 138 heavy (non-hydrogen) atoms. The van der Waals surface area contributed by atoms with Gasteiger partial charge in [0.05, 0.1) is 35.1 Å². The van der Waals surface area contributed by atoms with E-state index in [9.17, 15) is 116 Å². The number of hydrogen-bond donors (Lipinski definition) is 4. The van der Waals surface area contributed by atoms with Gasteiger partial charge in [-0.1, -0.05) is 47.8 Å². The molecule has 68 heteroatoms. The molecule has 0 saturated heterocycles. The first kappa shape index (κ1) is 122. The number of rotatable bonds is 19. The minimum absolute atomic E-state index is 0.0263. The Balaban J connectivity index is 0.000000757. The lowest BCUT2D eigenvalue weighted by Gasteiger charge is -2.21. The van der Waals surface area contributed by atoms with E-state index >= 15 is 0 Å². The van der Waals surface area contributed by atoms with Crippen molar-refractivity contribution in [3.8, 4) is 0 Å². The van der Waals surface area contributed by atoms with Crippen LogP contribution in [0.4, 0.5) is 64.0 Å². The van der Waals surface area contributed by atoms with Crippen LogP contribution in [0.1, 0.15) is 136 Å². The molecule has 0 fully saturated rings. The lowest BCUT2D eigenvalue weighted by molar-refractivity contribution is -0.390. The van der Waals surface area contributed by atoms with E-state index in [0.29, 0.717) is 112 Å². The molecule has 4 N–H and O–H groups in total. The van der Waals surface area contributed by atoms with E-state index < -0.39 is 83.5 Å². The van der Waals surface area contributed by atoms with Crippen LogP contribution in [0, 0.1) is 194 Å². The van der Waals surface area contributed by atoms with Crippen molar-refractivity contribution in [3.63, 3.8) is 0 Å². The number of imidazole rings is 12. The SMILES string of the molecule is Cc1c([N+](=O)[O-])nc(Br)n1C.Cc1nc([N+](=O)[O-])c(C(Cl)C(=O)OC(C)(C)C)n1C.Cc1nc([N+](=O)[O-])c(C)n1C.Cc1nc([N+](=O)[O-])c(CBr)n1C.Cc1nc([N+](=O)[O-])c(CBr)n1C.Cc1nc([N+](=O)[O-])c(CBr)n1C.Cc1nc([N+](=O)[O-])c(CCl)n1C.Cc1nc([N+](=O)[O-])c(CO)n1C.Cc1nc([N+](=O)[O-])cn1C.Cc1ncc([N+](=O)[O-])[nH]1.Cc1ncc[nH]1.Cn1c(Br)nc([N+](=O)[O-])c1CO. The van der Waals surface area contributed by atoms with Gasteiger partial charge >= 0.3 is 70.0 Å². The molecular weight excluding hydrogens is 2220 g/mol. The van der Waals surface area contributed by atoms with Gasteiger partial charge in [0.25, 0.3) is 9.47 Å². The van der Waals surface area contributed by atoms with Crippen molar-refractivity contribution in [2.45, 2.75) is 150 Å². The van der Waals surface area contributed by atoms with Gasteiger partial charge in [-0.05, 0) is 146 Å². The van der Waals surface area contributed by atoms with E-state index in [1.165, 1.54) is 26.1 Å². The number of carbonyl (C=O) groups excluding carboxylic acids is 1. The predicted octanol–water partition coefficient (Wildman–Crippen LogP) is 13.3. The van der Waals surface area contributed by atoms with Crippen LogP contribution in [0.2, 0.25) is 0 Å². The first-order valence-corrected chi connectivity index (χ1v) is 44.1. The van der Waals surface area contributed by atoms with Gasteiger partial charge in [-0.2, -0.15) is 0 Å². The fourth-order valence-electron chi connectivity index (χ4n) is 10.1. The van der Waals surface area contributed by atoms with Crippen molar-refractivity contribution in [2.24, 2.45) is 70.5 Å². The maximum absolute atomic E-state index is 11.9. The number of nitrogens with one attached hydrogen (secondary N) is 2. The lowest BCUT2D eigenvalue weighted by atomic mass is 10.2. The Morgan fingerprint density at radius 3 is 0.913 bits per heavy atom. The lowest BCUT2D eigenvalue weighted by Crippen LogP contribution is -2.27. The summed E-state index contributed by atoms with van der Waals surface area (Å²) in [7, 11) is 16.9. The van der Waals surface area contributed by atoms with Gasteiger partial charge in [0.2, 0.25) is 46.6 Å². The van der Waals surface area contributed by atoms with Crippen LogP contribution in [0.25, 0.3) is 0 Å². The van der Waals surface area contributed by atoms with Gasteiger partial charge in [0.1, 0.15) is 75.1 Å². The minimum Gasteiger partial charge on any atom is -0.459 e. The molecule has 0 aromatic carbocycles. The number of H-pyrrole nitrogens is 2. The third-order valence-electron chi connectivity index (χ3n) is 18.5. The third-order valence-corrected chi connectivity index (χ3v) is 22.1. The predicted molar refractivity (Wildman–Crippen MR) is 508 cm³/mol. The Morgan fingerprint density at radius 1 is 0.399 bits per heavy atom. The van der Waals surface area contributed by atoms with Gasteiger partial charge in [0.15, 0.2) is 11.2 Å². The van der Waals surface area contributed by atoms with Crippen LogP contribution in [-0.2, 0) is 115 Å². The minimum atomic E-state index is -1.27. The summed E-state index contributed by atoms with van der Waals surface area (Å²) in [6, 6.07) is 0. The molecule has 0 radical (unpaired) electrons. The second kappa shape index (κ2) is 55.5. The summed E-state index contributed by atoms with van der Waals surface area (Å²) >= 11 is 27.1. The highest BCUT2D eigenvalue weighted by Gasteiger charge is 2.37. The highest BCUT2D eigenvalue weighted by atomic mass is 79.9. The summed E-state index contributed by atoms with van der Waals surface area (Å²) in [5, 5.41) is 132. The van der Waals surface area contributed by atoms with E-state index in [2.05, 4.69) is 149 Å². The molecule has 0 spiro atoms. The number of nitrogens with zero attached hydrogens (tertiary/aromatic N) is 33. The molecule has 12 rings (SSSR count). The van der Waals surface area contributed by atoms with Crippen LogP contribution in [0.5, 0.6) is 0 Å². The van der Waals surface area contributed by atoms with Crippen LogP contribution in [0.3, 0.4) is 0 Å². The molecule has 0 saturated carbocycles. The number of nitro groups is 11. The van der Waals surface area contributed by atoms with Crippen LogP contribution in [-0.4, -0.2) is 191 Å². The molecule has 12 aromatic rings. The molecule has 1 unspecified atom stereocenters. The molecule has 61 nitrogen and oxygen atoms in total. The molecule has 0 aliphatic rings. The largest absolute Gasteiger partial charge is 0.459 e. The van der Waals surface area contributed by atoms with Gasteiger partial charge < -0.3 is 168 Å². The van der Waals surface area contributed by atoms with Gasteiger partial charge in [-0.15, -0.1) is 23.2 Å². The average molecular weight is 2310 g/mol. The maximum atomic E-state index is 11.9. The summed E-state index contributed by atoms with van der Waals surface area (Å²) < 4.78 is 21.9. The summed E-state index contributed by atoms with van der Waals surface area (Å²) in [5.74, 6) is 4.01. The highest BCUT2D eigenvalue weighted by Crippen LogP contribution is 2.33. The Morgan fingerprint density at radius 2 is 0.703 bits per heavy atom. The summed E-state index contributed by atoms with van der Waals surface area (Å²) in [4.78, 5) is 170. The molecule has 0 aliphatic carbocycles. The topological polar surface area (TPSA) is 777 Å². The molecule has 0 aliphatic heterocycles. The molecule has 12 heterocycles. The zero-order valence-electron chi connectivity index (χ0n) is 78.2. The zero-order chi connectivity index (χ0) is 107. The Labute approximate surface area is 832 Å². The van der Waals surface area contributed by atoms with Crippen LogP contribution < -0.4 is 0 Å². The summed E-state index contributed by atoms with van der Waals surface area (Å²) in [6.07, 6.45) is 6.11. The van der Waals surface area contributed by atoms with Crippen molar-refractivity contribution in [1.29, 1.82) is 0 Å². The Hall–Kier alpha value is -13.7. The standard InChI is InChI=1S/C11H16ClN3O4.3C6H8BrN3O2.C6H8ClN3O2.C6H9N3O3.C6H9N3O2.C5H6BrN3O3.C5H6BrN3O2.C5H7N3O2.C4H5N3O2.C4H6N2/c1-6-13-9(15(17)18)8(14(6)5)7(12)10(16)19-11(2,3)4;4*1-4-8-6(10(11)12)5(3-7)9(4)2;1-4-7-6(9(11)12)5(3-10)8(4)2;1-4-6(9(10)11)7-5(2)8(4)3;1-8-3(2-10)4(9(11)12)7-5(8)6;1-3-4(9(10)11)7-5(6)8(3)2;1-4-6-5(8(9)10)3-7(4)2;1-3-5-2-4(6-3)7(8)9;1-4-5-2-3-6-4/h7H,1-5H3;4*3H2,1-2H3;10H,3H2,1-2H3;1-3H3;10H,2H2,1H3;1-2H3;3H,1-2H3;2H,1H3,(H,5,6);2-3H,1H3,(H,5,6). The quantitative estimate of drug-likeness (QED) is 0.0253. The number of aliphatic hydroxyl groups excluding tert-OH is 2. The number of aryl methyl sites for hydroxylation is 11.